The highest BCUT2D eigenvalue weighted by molar-refractivity contribution is 5.83. The number of amides is 2. The number of hydrogen-bond acceptors (Lipinski definition) is 4. The van der Waals surface area contributed by atoms with E-state index in [1.165, 1.54) is 128 Å². The Morgan fingerprint density at radius 2 is 0.977 bits per heavy atom. The smallest absolute Gasteiger partial charge is 0.282 e. The van der Waals surface area contributed by atoms with Crippen molar-refractivity contribution in [2.45, 2.75) is 186 Å². The van der Waals surface area contributed by atoms with Crippen LogP contribution in [0.3, 0.4) is 0 Å². The van der Waals surface area contributed by atoms with Crippen molar-refractivity contribution in [3.63, 3.8) is 0 Å². The van der Waals surface area contributed by atoms with Gasteiger partial charge in [-0.2, -0.15) is 0 Å². The van der Waals surface area contributed by atoms with Gasteiger partial charge in [0.05, 0.1) is 6.54 Å². The third-order valence-electron chi connectivity index (χ3n) is 8.75. The molecule has 0 aromatic rings. The zero-order valence-electron chi connectivity index (χ0n) is 29.5. The van der Waals surface area contributed by atoms with Gasteiger partial charge in [-0.3, -0.25) is 20.6 Å². The second kappa shape index (κ2) is 31.7. The highest BCUT2D eigenvalue weighted by Gasteiger charge is 2.26. The van der Waals surface area contributed by atoms with Gasteiger partial charge in [-0.05, 0) is 19.3 Å². The summed E-state index contributed by atoms with van der Waals surface area (Å²) in [5.74, 6) is -0.0499. The van der Waals surface area contributed by atoms with E-state index < -0.39 is 6.04 Å². The molecule has 0 aromatic carbocycles. The summed E-state index contributed by atoms with van der Waals surface area (Å²) in [6, 6.07) is -0.832. The molecule has 0 rings (SSSR count). The predicted octanol–water partition coefficient (Wildman–Crippen LogP) is 3.63. The average Bonchev–Trinajstić information content (AvgIpc) is 3.01. The Morgan fingerprint density at radius 1 is 0.591 bits per heavy atom. The molecule has 13 N–H and O–H groups in total. The number of unbranched alkanes of at least 4 members (excludes halogenated alkanes) is 20. The molecular weight excluding hydrogens is 550 g/mol. The second-order valence-corrected chi connectivity index (χ2v) is 13.2. The van der Waals surface area contributed by atoms with E-state index in [0.717, 1.165) is 32.4 Å². The summed E-state index contributed by atoms with van der Waals surface area (Å²) in [4.78, 5) is 28.0. The van der Waals surface area contributed by atoms with Crippen LogP contribution in [0.4, 0.5) is 0 Å². The van der Waals surface area contributed by atoms with Gasteiger partial charge in [-0.1, -0.05) is 142 Å². The topological polar surface area (TPSA) is 170 Å². The molecule has 0 saturated heterocycles. The second-order valence-electron chi connectivity index (χ2n) is 13.2. The summed E-state index contributed by atoms with van der Waals surface area (Å²) in [6.07, 6.45) is 29.7. The molecular formula is C35H78N7O2+3. The molecule has 0 aliphatic heterocycles. The zero-order valence-corrected chi connectivity index (χ0v) is 29.5. The molecule has 0 heterocycles. The van der Waals surface area contributed by atoms with Gasteiger partial charge in [0.25, 0.3) is 11.8 Å². The molecule has 3 atom stereocenters. The number of nitrogens with two attached hydrogens (primary N) is 1. The predicted molar refractivity (Wildman–Crippen MR) is 184 cm³/mol. The summed E-state index contributed by atoms with van der Waals surface area (Å²) in [7, 11) is 0. The van der Waals surface area contributed by atoms with E-state index in [4.69, 9.17) is 5.73 Å². The van der Waals surface area contributed by atoms with Crippen molar-refractivity contribution >= 4 is 11.8 Å². The fraction of sp³-hybridized carbons (Fsp3) is 0.943. The lowest BCUT2D eigenvalue weighted by molar-refractivity contribution is -0.427. The molecule has 9 heteroatoms. The van der Waals surface area contributed by atoms with Crippen LogP contribution in [0.5, 0.6) is 0 Å². The molecule has 0 aliphatic rings. The SMILES string of the molecule is CCCCCCCCCCCCCCN(CCCCCCCCCCCC)C(=O)C([NH3+])CNC(=O)C([NH3+])CCCNC(N)[NH3+]. The highest BCUT2D eigenvalue weighted by atomic mass is 16.2. The Hall–Kier alpha value is -1.26. The molecule has 0 fully saturated rings. The molecule has 0 aromatic heterocycles. The quantitative estimate of drug-likeness (QED) is 0.0482. The van der Waals surface area contributed by atoms with Crippen molar-refractivity contribution < 1.29 is 26.8 Å². The average molecular weight is 629 g/mol. The zero-order chi connectivity index (χ0) is 32.7. The van der Waals surface area contributed by atoms with E-state index in [9.17, 15) is 9.59 Å². The summed E-state index contributed by atoms with van der Waals surface area (Å²) in [5.41, 5.74) is 17.4. The maximum absolute atomic E-state index is 13.4. The van der Waals surface area contributed by atoms with E-state index in [0.29, 0.717) is 13.0 Å². The lowest BCUT2D eigenvalue weighted by atomic mass is 10.0. The number of carbonyl (C=O) groups is 2. The first-order valence-electron chi connectivity index (χ1n) is 18.9. The highest BCUT2D eigenvalue weighted by Crippen LogP contribution is 2.14. The third-order valence-corrected chi connectivity index (χ3v) is 8.75. The van der Waals surface area contributed by atoms with Crippen LogP contribution in [0.25, 0.3) is 0 Å². The van der Waals surface area contributed by atoms with Gasteiger partial charge >= 0.3 is 0 Å². The molecule has 9 nitrogen and oxygen atoms in total. The summed E-state index contributed by atoms with van der Waals surface area (Å²) >= 11 is 0. The third kappa shape index (κ3) is 27.1. The first kappa shape index (κ1) is 42.7. The molecule has 3 unspecified atom stereocenters. The first-order valence-corrected chi connectivity index (χ1v) is 18.9. The van der Waals surface area contributed by atoms with Crippen LogP contribution in [0.15, 0.2) is 0 Å². The monoisotopic (exact) mass is 629 g/mol. The fourth-order valence-electron chi connectivity index (χ4n) is 5.75. The maximum atomic E-state index is 13.4. The van der Waals surface area contributed by atoms with Crippen LogP contribution in [-0.4, -0.2) is 61.3 Å². The van der Waals surface area contributed by atoms with E-state index in [1.54, 1.807) is 0 Å². The van der Waals surface area contributed by atoms with Crippen LogP contribution in [0.2, 0.25) is 0 Å². The Morgan fingerprint density at radius 3 is 1.36 bits per heavy atom. The Balaban J connectivity index is 4.46. The maximum Gasteiger partial charge on any atom is 0.282 e. The molecule has 0 radical (unpaired) electrons. The number of rotatable bonds is 33. The molecule has 0 saturated carbocycles. The number of nitrogens with zero attached hydrogens (tertiary/aromatic N) is 1. The molecule has 2 amide bonds. The lowest BCUT2D eigenvalue weighted by Crippen LogP contribution is -2.74. The van der Waals surface area contributed by atoms with Gasteiger partial charge in [0.1, 0.15) is 0 Å². The van der Waals surface area contributed by atoms with Crippen molar-refractivity contribution in [1.82, 2.24) is 15.5 Å². The Labute approximate surface area is 272 Å². The van der Waals surface area contributed by atoms with Gasteiger partial charge in [0.15, 0.2) is 18.4 Å². The number of carbonyl (C=O) groups excluding carboxylic acids is 2. The van der Waals surface area contributed by atoms with E-state index in [1.807, 2.05) is 4.90 Å². The van der Waals surface area contributed by atoms with E-state index >= 15 is 0 Å². The summed E-state index contributed by atoms with van der Waals surface area (Å²) in [6.45, 7) is 7.10. The molecule has 0 bridgehead atoms. The standard InChI is InChI=1S/C35H75N7O2/c1-3-5-7-9-11-13-15-16-18-20-22-24-29-42(28-23-21-19-17-14-12-10-8-6-4-2)34(44)32(37)30-41-33(43)31(36)26-25-27-40-35(38)39/h31-32,35,40H,3-30,36-39H2,1-2H3,(H,41,43)/p+3. The first-order chi connectivity index (χ1) is 21.3. The van der Waals surface area contributed by atoms with Gasteiger partial charge < -0.3 is 27.4 Å². The van der Waals surface area contributed by atoms with Crippen molar-refractivity contribution in [1.29, 1.82) is 0 Å². The van der Waals surface area contributed by atoms with E-state index in [-0.39, 0.29) is 30.7 Å². The molecule has 44 heavy (non-hydrogen) atoms. The molecule has 262 valence electrons. The lowest BCUT2D eigenvalue weighted by Gasteiger charge is -2.25. The fourth-order valence-corrected chi connectivity index (χ4v) is 5.75. The normalized spacial score (nSPS) is 13.5. The minimum absolute atomic E-state index is 0.0681. The van der Waals surface area contributed by atoms with Crippen molar-refractivity contribution in [3.05, 3.63) is 0 Å². The van der Waals surface area contributed by atoms with Crippen LogP contribution >= 0.6 is 0 Å². The van der Waals surface area contributed by atoms with Gasteiger partial charge in [-0.25, -0.2) is 0 Å². The number of quaternary nitrogens is 3. The van der Waals surface area contributed by atoms with Crippen molar-refractivity contribution in [2.24, 2.45) is 5.73 Å². The Bertz CT molecular complexity index is 651. The number of nitrogens with one attached hydrogen (secondary N) is 2. The van der Waals surface area contributed by atoms with Crippen LogP contribution in [0, 0.1) is 0 Å². The summed E-state index contributed by atoms with van der Waals surface area (Å²) in [5, 5.41) is 5.97. The minimum Gasteiger partial charge on any atom is -0.347 e. The summed E-state index contributed by atoms with van der Waals surface area (Å²) < 4.78 is 0. The Kier molecular flexibility index (Phi) is 30.8. The van der Waals surface area contributed by atoms with Crippen molar-refractivity contribution in [3.8, 4) is 0 Å². The van der Waals surface area contributed by atoms with Crippen molar-refractivity contribution in [2.75, 3.05) is 26.2 Å². The van der Waals surface area contributed by atoms with Crippen LogP contribution in [-0.2, 0) is 9.59 Å². The van der Waals surface area contributed by atoms with Gasteiger partial charge in [-0.15, -0.1) is 0 Å². The van der Waals surface area contributed by atoms with Crippen LogP contribution in [0.1, 0.15) is 168 Å². The van der Waals surface area contributed by atoms with Crippen LogP contribution < -0.4 is 33.6 Å². The molecule has 0 spiro atoms. The molecule has 0 aliphatic carbocycles. The number of hydrogen-bond donors (Lipinski definition) is 6. The largest absolute Gasteiger partial charge is 0.347 e. The van der Waals surface area contributed by atoms with Gasteiger partial charge in [0.2, 0.25) is 0 Å². The van der Waals surface area contributed by atoms with E-state index in [2.05, 4.69) is 41.7 Å². The minimum atomic E-state index is -0.475. The van der Waals surface area contributed by atoms with Gasteiger partial charge in [0, 0.05) is 26.1 Å².